The van der Waals surface area contributed by atoms with E-state index in [0.29, 0.717) is 17.5 Å². The minimum atomic E-state index is -0.634. The molecule has 2 heterocycles. The zero-order valence-electron chi connectivity index (χ0n) is 18.1. The Hall–Kier alpha value is -3.02. The van der Waals surface area contributed by atoms with Crippen molar-refractivity contribution in [2.75, 3.05) is 5.32 Å². The minimum Gasteiger partial charge on any atom is -0.324 e. The number of aryl methyl sites for hydroxylation is 5. The predicted molar refractivity (Wildman–Crippen MR) is 119 cm³/mol. The lowest BCUT2D eigenvalue weighted by atomic mass is 9.95. The normalized spacial score (nSPS) is 14.4. The third-order valence-corrected chi connectivity index (χ3v) is 6.00. The van der Waals surface area contributed by atoms with Gasteiger partial charge in [0, 0.05) is 11.4 Å². The first kappa shape index (κ1) is 20.3. The van der Waals surface area contributed by atoms with Crippen LogP contribution in [0.4, 0.5) is 5.69 Å². The molecule has 6 nitrogen and oxygen atoms in total. The van der Waals surface area contributed by atoms with Crippen molar-refractivity contribution >= 4 is 22.6 Å². The quantitative estimate of drug-likeness (QED) is 0.707. The highest BCUT2D eigenvalue weighted by Crippen LogP contribution is 2.25. The number of pyridine rings is 1. The standard InChI is InChI=1S/C24H28N4O2/c1-5-20(23(29)27-21-15(3)10-14(2)11-16(21)4)28-13-25-22-18(24(28)30)12-17-8-6-7-9-19(17)26-22/h10-13,20H,5-9H2,1-4H3,(H,27,29). The van der Waals surface area contributed by atoms with E-state index >= 15 is 0 Å². The summed E-state index contributed by atoms with van der Waals surface area (Å²) in [7, 11) is 0. The SMILES string of the molecule is CCC(C(=O)Nc1c(C)cc(C)cc1C)n1cnc2nc3c(cc2c1=O)CCCC3. The molecule has 1 amide bonds. The lowest BCUT2D eigenvalue weighted by molar-refractivity contribution is -0.119. The van der Waals surface area contributed by atoms with Crippen molar-refractivity contribution in [2.24, 2.45) is 0 Å². The number of carbonyl (C=O) groups is 1. The summed E-state index contributed by atoms with van der Waals surface area (Å²) in [6.45, 7) is 7.90. The fourth-order valence-corrected chi connectivity index (χ4v) is 4.50. The highest BCUT2D eigenvalue weighted by atomic mass is 16.2. The molecule has 0 bridgehead atoms. The fourth-order valence-electron chi connectivity index (χ4n) is 4.50. The molecule has 4 rings (SSSR count). The van der Waals surface area contributed by atoms with Gasteiger partial charge in [0.2, 0.25) is 5.91 Å². The number of carbonyl (C=O) groups excluding carboxylic acids is 1. The predicted octanol–water partition coefficient (Wildman–Crippen LogP) is 4.19. The van der Waals surface area contributed by atoms with Gasteiger partial charge in [0.05, 0.1) is 5.39 Å². The largest absolute Gasteiger partial charge is 0.324 e. The average molecular weight is 405 g/mol. The molecule has 1 aliphatic rings. The number of rotatable bonds is 4. The Labute approximate surface area is 176 Å². The van der Waals surface area contributed by atoms with E-state index in [0.717, 1.165) is 59.3 Å². The molecule has 2 aromatic heterocycles. The van der Waals surface area contributed by atoms with Crippen molar-refractivity contribution in [3.8, 4) is 0 Å². The minimum absolute atomic E-state index is 0.207. The summed E-state index contributed by atoms with van der Waals surface area (Å²) in [6.07, 6.45) is 6.07. The number of amides is 1. The third-order valence-electron chi connectivity index (χ3n) is 6.00. The fraction of sp³-hybridized carbons (Fsp3) is 0.417. The van der Waals surface area contributed by atoms with E-state index < -0.39 is 6.04 Å². The van der Waals surface area contributed by atoms with Crippen molar-refractivity contribution in [3.63, 3.8) is 0 Å². The number of benzene rings is 1. The Kier molecular flexibility index (Phi) is 5.41. The van der Waals surface area contributed by atoms with Crippen LogP contribution in [0.5, 0.6) is 0 Å². The Morgan fingerprint density at radius 2 is 1.83 bits per heavy atom. The highest BCUT2D eigenvalue weighted by Gasteiger charge is 2.23. The Balaban J connectivity index is 1.71. The van der Waals surface area contributed by atoms with Crippen molar-refractivity contribution in [1.82, 2.24) is 14.5 Å². The molecule has 6 heteroatoms. The number of anilines is 1. The molecule has 30 heavy (non-hydrogen) atoms. The maximum absolute atomic E-state index is 13.3. The van der Waals surface area contributed by atoms with Gasteiger partial charge in [-0.1, -0.05) is 24.6 Å². The zero-order chi connectivity index (χ0) is 21.4. The molecule has 156 valence electrons. The maximum atomic E-state index is 13.3. The summed E-state index contributed by atoms with van der Waals surface area (Å²) >= 11 is 0. The average Bonchev–Trinajstić information content (AvgIpc) is 2.71. The molecule has 0 saturated carbocycles. The second-order valence-corrected chi connectivity index (χ2v) is 8.32. The van der Waals surface area contributed by atoms with Crippen LogP contribution in [0.1, 0.15) is 60.2 Å². The van der Waals surface area contributed by atoms with E-state index in [1.54, 1.807) is 0 Å². The van der Waals surface area contributed by atoms with Gasteiger partial charge in [-0.2, -0.15) is 0 Å². The van der Waals surface area contributed by atoms with Gasteiger partial charge in [-0.25, -0.2) is 9.97 Å². The van der Waals surface area contributed by atoms with Gasteiger partial charge < -0.3 is 5.32 Å². The van der Waals surface area contributed by atoms with Crippen LogP contribution in [-0.2, 0) is 17.6 Å². The summed E-state index contributed by atoms with van der Waals surface area (Å²) < 4.78 is 1.45. The molecule has 1 unspecified atom stereocenters. The van der Waals surface area contributed by atoms with Gasteiger partial charge in [0.15, 0.2) is 5.65 Å². The smallest absolute Gasteiger partial charge is 0.263 e. The van der Waals surface area contributed by atoms with Crippen LogP contribution >= 0.6 is 0 Å². The van der Waals surface area contributed by atoms with Gasteiger partial charge in [-0.15, -0.1) is 0 Å². The van der Waals surface area contributed by atoms with Crippen LogP contribution in [0.3, 0.4) is 0 Å². The molecule has 1 N–H and O–H groups in total. The first-order valence-corrected chi connectivity index (χ1v) is 10.7. The van der Waals surface area contributed by atoms with Gasteiger partial charge in [-0.05, 0) is 75.6 Å². The van der Waals surface area contributed by atoms with Gasteiger partial charge in [0.1, 0.15) is 12.4 Å². The molecular weight excluding hydrogens is 376 g/mol. The number of hydrogen-bond acceptors (Lipinski definition) is 4. The molecule has 3 aromatic rings. The van der Waals surface area contributed by atoms with Crippen LogP contribution < -0.4 is 10.9 Å². The summed E-state index contributed by atoms with van der Waals surface area (Å²) in [5, 5.41) is 3.53. The first-order chi connectivity index (χ1) is 14.4. The Morgan fingerprint density at radius 3 is 2.53 bits per heavy atom. The summed E-state index contributed by atoms with van der Waals surface area (Å²) in [6, 6.07) is 5.39. The number of aromatic nitrogens is 3. The molecular formula is C24H28N4O2. The van der Waals surface area contributed by atoms with Crippen molar-refractivity contribution in [3.05, 3.63) is 62.8 Å². The lowest BCUT2D eigenvalue weighted by Gasteiger charge is -2.20. The van der Waals surface area contributed by atoms with E-state index in [9.17, 15) is 9.59 Å². The second kappa shape index (κ2) is 8.01. The van der Waals surface area contributed by atoms with Crippen LogP contribution in [-0.4, -0.2) is 20.4 Å². The number of fused-ring (bicyclic) bond motifs is 2. The van der Waals surface area contributed by atoms with Crippen molar-refractivity contribution in [1.29, 1.82) is 0 Å². The number of hydrogen-bond donors (Lipinski definition) is 1. The Bertz CT molecular complexity index is 1170. The second-order valence-electron chi connectivity index (χ2n) is 8.32. The zero-order valence-corrected chi connectivity index (χ0v) is 18.1. The van der Waals surface area contributed by atoms with E-state index in [2.05, 4.69) is 15.3 Å². The van der Waals surface area contributed by atoms with Gasteiger partial charge in [0.25, 0.3) is 5.56 Å². The van der Waals surface area contributed by atoms with E-state index in [1.807, 2.05) is 45.9 Å². The van der Waals surface area contributed by atoms with E-state index in [1.165, 1.54) is 10.9 Å². The molecule has 0 spiro atoms. The lowest BCUT2D eigenvalue weighted by Crippen LogP contribution is -2.33. The van der Waals surface area contributed by atoms with Crippen LogP contribution in [0.25, 0.3) is 11.0 Å². The maximum Gasteiger partial charge on any atom is 0.263 e. The van der Waals surface area contributed by atoms with E-state index in [-0.39, 0.29) is 11.5 Å². The number of nitrogens with one attached hydrogen (secondary N) is 1. The van der Waals surface area contributed by atoms with Crippen LogP contribution in [0.2, 0.25) is 0 Å². The molecule has 0 aliphatic heterocycles. The molecule has 1 aromatic carbocycles. The topological polar surface area (TPSA) is 76.9 Å². The number of nitrogens with zero attached hydrogens (tertiary/aromatic N) is 3. The molecule has 0 radical (unpaired) electrons. The van der Waals surface area contributed by atoms with Gasteiger partial charge >= 0.3 is 0 Å². The van der Waals surface area contributed by atoms with E-state index in [4.69, 9.17) is 0 Å². The summed E-state index contributed by atoms with van der Waals surface area (Å²) in [5.41, 5.74) is 6.42. The monoisotopic (exact) mass is 404 g/mol. The van der Waals surface area contributed by atoms with Crippen molar-refractivity contribution in [2.45, 2.75) is 65.8 Å². The summed E-state index contributed by atoms with van der Waals surface area (Å²) in [5.74, 6) is -0.207. The highest BCUT2D eigenvalue weighted by molar-refractivity contribution is 5.95. The molecule has 1 atom stereocenters. The first-order valence-electron chi connectivity index (χ1n) is 10.7. The van der Waals surface area contributed by atoms with Crippen LogP contribution in [0.15, 0.2) is 29.3 Å². The molecule has 1 aliphatic carbocycles. The van der Waals surface area contributed by atoms with Crippen LogP contribution in [0, 0.1) is 20.8 Å². The summed E-state index contributed by atoms with van der Waals surface area (Å²) in [4.78, 5) is 35.4. The molecule has 0 saturated heterocycles. The molecule has 0 fully saturated rings. The van der Waals surface area contributed by atoms with Crippen molar-refractivity contribution < 1.29 is 4.79 Å². The Morgan fingerprint density at radius 1 is 1.13 bits per heavy atom. The third kappa shape index (κ3) is 3.62. The van der Waals surface area contributed by atoms with Gasteiger partial charge in [-0.3, -0.25) is 14.2 Å².